The summed E-state index contributed by atoms with van der Waals surface area (Å²) in [6.07, 6.45) is 5.08. The van der Waals surface area contributed by atoms with Gasteiger partial charge in [0.15, 0.2) is 5.82 Å². The summed E-state index contributed by atoms with van der Waals surface area (Å²) in [5, 5.41) is 7.74. The number of carbonyl (C=O) groups excluding carboxylic acids is 1. The van der Waals surface area contributed by atoms with E-state index < -0.39 is 0 Å². The number of nitrogens with zero attached hydrogens (tertiary/aromatic N) is 6. The van der Waals surface area contributed by atoms with Gasteiger partial charge in [0.1, 0.15) is 12.1 Å². The summed E-state index contributed by atoms with van der Waals surface area (Å²) in [6.45, 7) is 4.52. The number of piperazine rings is 1. The molecule has 0 saturated carbocycles. The molecule has 9 heteroatoms. The summed E-state index contributed by atoms with van der Waals surface area (Å²) in [6, 6.07) is 9.13. The Morgan fingerprint density at radius 3 is 2.61 bits per heavy atom. The van der Waals surface area contributed by atoms with Crippen molar-refractivity contribution in [3.05, 3.63) is 59.6 Å². The number of carbonyl (C=O) groups is 1. The normalized spacial score (nSPS) is 14.2. The van der Waals surface area contributed by atoms with Crippen LogP contribution in [-0.4, -0.2) is 56.9 Å². The smallest absolute Gasteiger partial charge is 0.321 e. The zero-order valence-electron chi connectivity index (χ0n) is 15.4. The van der Waals surface area contributed by atoms with Crippen molar-refractivity contribution < 1.29 is 4.79 Å². The molecule has 0 aliphatic carbocycles. The van der Waals surface area contributed by atoms with Crippen LogP contribution in [0.3, 0.4) is 0 Å². The molecule has 3 heterocycles. The number of anilines is 2. The predicted molar refractivity (Wildman–Crippen MR) is 108 cm³/mol. The van der Waals surface area contributed by atoms with Gasteiger partial charge in [-0.15, -0.1) is 0 Å². The van der Waals surface area contributed by atoms with Crippen molar-refractivity contribution in [3.8, 4) is 5.82 Å². The van der Waals surface area contributed by atoms with Gasteiger partial charge in [-0.2, -0.15) is 5.10 Å². The summed E-state index contributed by atoms with van der Waals surface area (Å²) in [5.41, 5.74) is 1.68. The number of benzene rings is 1. The van der Waals surface area contributed by atoms with Gasteiger partial charge in [-0.1, -0.05) is 17.7 Å². The Bertz CT molecular complexity index is 968. The van der Waals surface area contributed by atoms with Gasteiger partial charge in [-0.05, 0) is 30.7 Å². The van der Waals surface area contributed by atoms with E-state index in [2.05, 4.69) is 25.3 Å². The number of rotatable bonds is 3. The van der Waals surface area contributed by atoms with Gasteiger partial charge in [0, 0.05) is 55.3 Å². The molecule has 0 atom stereocenters. The first kappa shape index (κ1) is 18.2. The third kappa shape index (κ3) is 3.91. The topological polar surface area (TPSA) is 79.2 Å². The predicted octanol–water partition coefficient (Wildman–Crippen LogP) is 2.98. The summed E-state index contributed by atoms with van der Waals surface area (Å²) < 4.78 is 1.70. The standard InChI is InChI=1S/C19H20ClN7O/c1-14-3-4-15(11-16(14)20)24-19(28)26-9-7-25(8-10-26)17-12-18(22-13-21-17)27-6-2-5-23-27/h2-6,11-13H,7-10H2,1H3,(H,24,28). The van der Waals surface area contributed by atoms with Crippen LogP contribution in [-0.2, 0) is 0 Å². The summed E-state index contributed by atoms with van der Waals surface area (Å²) in [5.74, 6) is 1.54. The van der Waals surface area contributed by atoms with Crippen molar-refractivity contribution in [3.63, 3.8) is 0 Å². The molecule has 0 radical (unpaired) electrons. The lowest BCUT2D eigenvalue weighted by atomic mass is 10.2. The van der Waals surface area contributed by atoms with Gasteiger partial charge in [0.05, 0.1) is 0 Å². The molecule has 2 aromatic heterocycles. The fourth-order valence-electron chi connectivity index (χ4n) is 3.05. The van der Waals surface area contributed by atoms with Crippen LogP contribution in [0.1, 0.15) is 5.56 Å². The Morgan fingerprint density at radius 1 is 1.11 bits per heavy atom. The quantitative estimate of drug-likeness (QED) is 0.735. The Labute approximate surface area is 167 Å². The largest absolute Gasteiger partial charge is 0.353 e. The van der Waals surface area contributed by atoms with Crippen molar-refractivity contribution in [2.45, 2.75) is 6.92 Å². The zero-order chi connectivity index (χ0) is 19.5. The molecular formula is C19H20ClN7O. The number of aryl methyl sites for hydroxylation is 1. The maximum absolute atomic E-state index is 12.5. The van der Waals surface area contributed by atoms with Crippen LogP contribution in [0.4, 0.5) is 16.3 Å². The SMILES string of the molecule is Cc1ccc(NC(=O)N2CCN(c3cc(-n4cccn4)ncn3)CC2)cc1Cl. The second-order valence-electron chi connectivity index (χ2n) is 6.55. The van der Waals surface area contributed by atoms with E-state index in [1.54, 1.807) is 21.8 Å². The molecule has 1 saturated heterocycles. The molecule has 0 bridgehead atoms. The highest BCUT2D eigenvalue weighted by atomic mass is 35.5. The van der Waals surface area contributed by atoms with E-state index in [9.17, 15) is 4.79 Å². The van der Waals surface area contributed by atoms with Crippen LogP contribution in [0.5, 0.6) is 0 Å². The molecule has 1 aliphatic heterocycles. The number of urea groups is 1. The van der Waals surface area contributed by atoms with E-state index in [4.69, 9.17) is 11.6 Å². The Hall–Kier alpha value is -3.13. The van der Waals surface area contributed by atoms with Gasteiger partial charge >= 0.3 is 6.03 Å². The highest BCUT2D eigenvalue weighted by molar-refractivity contribution is 6.31. The lowest BCUT2D eigenvalue weighted by Gasteiger charge is -2.35. The molecule has 3 aromatic rings. The zero-order valence-corrected chi connectivity index (χ0v) is 16.2. The molecule has 0 spiro atoms. The number of amides is 2. The van der Waals surface area contributed by atoms with E-state index in [-0.39, 0.29) is 6.03 Å². The van der Waals surface area contributed by atoms with Crippen molar-refractivity contribution in [2.75, 3.05) is 36.4 Å². The minimum atomic E-state index is -0.125. The van der Waals surface area contributed by atoms with Crippen molar-refractivity contribution in [1.82, 2.24) is 24.6 Å². The third-order valence-electron chi connectivity index (χ3n) is 4.69. The second-order valence-corrected chi connectivity index (χ2v) is 6.96. The fraction of sp³-hybridized carbons (Fsp3) is 0.263. The number of aromatic nitrogens is 4. The van der Waals surface area contributed by atoms with Crippen LogP contribution < -0.4 is 10.2 Å². The van der Waals surface area contributed by atoms with Gasteiger partial charge in [-0.3, -0.25) is 0 Å². The van der Waals surface area contributed by atoms with E-state index >= 15 is 0 Å². The van der Waals surface area contributed by atoms with E-state index in [0.717, 1.165) is 11.4 Å². The van der Waals surface area contributed by atoms with E-state index in [1.807, 2.05) is 37.4 Å². The molecule has 8 nitrogen and oxygen atoms in total. The Balaban J connectivity index is 1.37. The van der Waals surface area contributed by atoms with E-state index in [1.165, 1.54) is 6.33 Å². The maximum atomic E-state index is 12.5. The average molecular weight is 398 g/mol. The summed E-state index contributed by atoms with van der Waals surface area (Å²) in [7, 11) is 0. The lowest BCUT2D eigenvalue weighted by molar-refractivity contribution is 0.208. The molecular weight excluding hydrogens is 378 g/mol. The van der Waals surface area contributed by atoms with E-state index in [0.29, 0.717) is 42.7 Å². The van der Waals surface area contributed by atoms with Crippen molar-refractivity contribution in [1.29, 1.82) is 0 Å². The summed E-state index contributed by atoms with van der Waals surface area (Å²) in [4.78, 5) is 25.1. The first-order valence-corrected chi connectivity index (χ1v) is 9.37. The molecule has 1 aliphatic rings. The molecule has 1 N–H and O–H groups in total. The lowest BCUT2D eigenvalue weighted by Crippen LogP contribution is -2.50. The maximum Gasteiger partial charge on any atom is 0.321 e. The van der Waals surface area contributed by atoms with Crippen molar-refractivity contribution >= 4 is 29.1 Å². The first-order valence-electron chi connectivity index (χ1n) is 8.99. The Morgan fingerprint density at radius 2 is 1.89 bits per heavy atom. The van der Waals surface area contributed by atoms with Gasteiger partial charge in [0.25, 0.3) is 0 Å². The number of nitrogens with one attached hydrogen (secondary N) is 1. The number of hydrogen-bond acceptors (Lipinski definition) is 5. The first-order chi connectivity index (χ1) is 13.6. The Kier molecular flexibility index (Phi) is 5.12. The summed E-state index contributed by atoms with van der Waals surface area (Å²) >= 11 is 6.13. The third-order valence-corrected chi connectivity index (χ3v) is 5.10. The molecule has 1 aromatic carbocycles. The molecule has 144 valence electrons. The average Bonchev–Trinajstić information content (AvgIpc) is 3.26. The van der Waals surface area contributed by atoms with Crippen LogP contribution >= 0.6 is 11.6 Å². The minimum absolute atomic E-state index is 0.125. The fourth-order valence-corrected chi connectivity index (χ4v) is 3.23. The monoisotopic (exact) mass is 397 g/mol. The highest BCUT2D eigenvalue weighted by Gasteiger charge is 2.22. The van der Waals surface area contributed by atoms with Gasteiger partial charge in [-0.25, -0.2) is 19.4 Å². The highest BCUT2D eigenvalue weighted by Crippen LogP contribution is 2.21. The van der Waals surface area contributed by atoms with Crippen LogP contribution in [0.25, 0.3) is 5.82 Å². The molecule has 1 fully saturated rings. The number of hydrogen-bond donors (Lipinski definition) is 1. The van der Waals surface area contributed by atoms with Gasteiger partial charge in [0.2, 0.25) is 0 Å². The van der Waals surface area contributed by atoms with Crippen molar-refractivity contribution in [2.24, 2.45) is 0 Å². The molecule has 0 unspecified atom stereocenters. The van der Waals surface area contributed by atoms with Crippen LogP contribution in [0.2, 0.25) is 5.02 Å². The van der Waals surface area contributed by atoms with Crippen LogP contribution in [0, 0.1) is 6.92 Å². The minimum Gasteiger partial charge on any atom is -0.353 e. The van der Waals surface area contributed by atoms with Crippen LogP contribution in [0.15, 0.2) is 49.1 Å². The number of halogens is 1. The molecule has 28 heavy (non-hydrogen) atoms. The van der Waals surface area contributed by atoms with Gasteiger partial charge < -0.3 is 15.1 Å². The molecule has 4 rings (SSSR count). The second kappa shape index (κ2) is 7.85. The molecule has 2 amide bonds.